The number of hydrogen-bond acceptors (Lipinski definition) is 0. The van der Waals surface area contributed by atoms with Gasteiger partial charge in [-0.2, -0.15) is 0 Å². The highest BCUT2D eigenvalue weighted by atomic mass is 19.1. The molecule has 0 radical (unpaired) electrons. The second-order valence-electron chi connectivity index (χ2n) is 9.13. The first kappa shape index (κ1) is 24.4. The van der Waals surface area contributed by atoms with Crippen molar-refractivity contribution in [3.05, 3.63) is 143 Å². The van der Waals surface area contributed by atoms with E-state index in [0.717, 1.165) is 36.0 Å². The summed E-state index contributed by atoms with van der Waals surface area (Å²) < 4.78 is 14.9. The molecule has 0 N–H and O–H groups in total. The van der Waals surface area contributed by atoms with Gasteiger partial charge in [0, 0.05) is 5.56 Å². The molecule has 0 nitrogen and oxygen atoms in total. The van der Waals surface area contributed by atoms with Crippen LogP contribution in [0.1, 0.15) is 54.0 Å². The van der Waals surface area contributed by atoms with Crippen LogP contribution < -0.4 is 0 Å². The lowest BCUT2D eigenvalue weighted by molar-refractivity contribution is 0.625. The summed E-state index contributed by atoms with van der Waals surface area (Å²) in [4.78, 5) is 0. The minimum Gasteiger partial charge on any atom is -0.206 e. The summed E-state index contributed by atoms with van der Waals surface area (Å²) in [7, 11) is 0. The smallest absolute Gasteiger partial charge is 0.131 e. The van der Waals surface area contributed by atoms with E-state index in [1.165, 1.54) is 16.7 Å². The average molecular weight is 461 g/mol. The Kier molecular flexibility index (Phi) is 8.46. The number of rotatable bonds is 9. The summed E-state index contributed by atoms with van der Waals surface area (Å²) in [6.45, 7) is 4.30. The van der Waals surface area contributed by atoms with Crippen LogP contribution in [0.2, 0.25) is 0 Å². The summed E-state index contributed by atoms with van der Waals surface area (Å²) in [6, 6.07) is 33.0. The topological polar surface area (TPSA) is 0 Å². The molecule has 0 fully saturated rings. The maximum atomic E-state index is 14.9. The third-order valence-electron chi connectivity index (χ3n) is 6.47. The Balaban J connectivity index is 1.39. The van der Waals surface area contributed by atoms with E-state index in [0.29, 0.717) is 11.5 Å². The fourth-order valence-electron chi connectivity index (χ4n) is 4.33. The Labute approximate surface area is 209 Å². The Bertz CT molecular complexity index is 1260. The number of halogens is 1. The van der Waals surface area contributed by atoms with Gasteiger partial charge in [0.1, 0.15) is 5.82 Å². The molecule has 0 aliphatic heterocycles. The highest BCUT2D eigenvalue weighted by Crippen LogP contribution is 2.26. The van der Waals surface area contributed by atoms with E-state index in [-0.39, 0.29) is 5.82 Å². The minimum atomic E-state index is -0.205. The lowest BCUT2D eigenvalue weighted by Crippen LogP contribution is -1.98. The minimum absolute atomic E-state index is 0.205. The summed E-state index contributed by atoms with van der Waals surface area (Å²) in [5, 5.41) is 0. The molecule has 0 saturated heterocycles. The van der Waals surface area contributed by atoms with E-state index >= 15 is 0 Å². The highest BCUT2D eigenvalue weighted by Gasteiger charge is 2.08. The number of aryl methyl sites for hydroxylation is 1. The molecule has 0 spiro atoms. The molecule has 176 valence electrons. The van der Waals surface area contributed by atoms with E-state index in [1.54, 1.807) is 6.07 Å². The standard InChI is InChI=1S/C34H33F/c1-3-4-6-9-27-12-14-28(15-13-27)16-21-32-22-23-33(25-34(32)35)31-19-17-29(18-20-31)24-26(2)30-10-7-5-8-11-30/h3-5,7-8,10-23,25-26H,6,9,24H2,1-2H3/b4-3+,21-16+. The first-order chi connectivity index (χ1) is 17.1. The van der Waals surface area contributed by atoms with Crippen molar-refractivity contribution < 1.29 is 4.39 Å². The van der Waals surface area contributed by atoms with Gasteiger partial charge in [-0.15, -0.1) is 0 Å². The molecule has 0 saturated carbocycles. The lowest BCUT2D eigenvalue weighted by Gasteiger charge is -2.12. The fraction of sp³-hybridized carbons (Fsp3) is 0.176. The maximum absolute atomic E-state index is 14.9. The van der Waals surface area contributed by atoms with Crippen LogP contribution in [0.5, 0.6) is 0 Å². The van der Waals surface area contributed by atoms with E-state index in [4.69, 9.17) is 0 Å². The first-order valence-electron chi connectivity index (χ1n) is 12.4. The molecule has 1 heteroatoms. The van der Waals surface area contributed by atoms with Gasteiger partial charge in [-0.25, -0.2) is 4.39 Å². The normalized spacial score (nSPS) is 12.4. The van der Waals surface area contributed by atoms with Crippen molar-refractivity contribution in [2.75, 3.05) is 0 Å². The third-order valence-corrected chi connectivity index (χ3v) is 6.47. The molecule has 4 aromatic rings. The largest absolute Gasteiger partial charge is 0.206 e. The SMILES string of the molecule is C/C=C/CCc1ccc(/C=C/c2ccc(-c3ccc(CC(C)c4ccccc4)cc3)cc2F)cc1. The monoisotopic (exact) mass is 460 g/mol. The summed E-state index contributed by atoms with van der Waals surface area (Å²) in [6.07, 6.45) is 11.2. The van der Waals surface area contributed by atoms with Crippen LogP contribution in [0.4, 0.5) is 4.39 Å². The Hall–Kier alpha value is -3.71. The molecule has 0 aromatic heterocycles. The zero-order chi connectivity index (χ0) is 24.5. The van der Waals surface area contributed by atoms with E-state index in [2.05, 4.69) is 97.9 Å². The number of benzene rings is 4. The van der Waals surface area contributed by atoms with Gasteiger partial charge in [-0.05, 0) is 71.6 Å². The van der Waals surface area contributed by atoms with Crippen molar-refractivity contribution >= 4 is 12.2 Å². The molecule has 1 atom stereocenters. The van der Waals surface area contributed by atoms with E-state index in [9.17, 15) is 4.39 Å². The quantitative estimate of drug-likeness (QED) is 0.172. The third kappa shape index (κ3) is 6.90. The Morgan fingerprint density at radius 2 is 1.43 bits per heavy atom. The second-order valence-corrected chi connectivity index (χ2v) is 9.13. The van der Waals surface area contributed by atoms with Gasteiger partial charge in [0.25, 0.3) is 0 Å². The molecule has 0 bridgehead atoms. The molecule has 4 rings (SSSR count). The van der Waals surface area contributed by atoms with E-state index in [1.807, 2.05) is 31.2 Å². The summed E-state index contributed by atoms with van der Waals surface area (Å²) in [5.41, 5.74) is 7.55. The molecule has 1 unspecified atom stereocenters. The molecular formula is C34H33F. The number of allylic oxidation sites excluding steroid dienone is 2. The predicted octanol–water partition coefficient (Wildman–Crippen LogP) is 9.52. The van der Waals surface area contributed by atoms with Gasteiger partial charge in [0.05, 0.1) is 0 Å². The summed E-state index contributed by atoms with van der Waals surface area (Å²) >= 11 is 0. The van der Waals surface area contributed by atoms with Gasteiger partial charge in [-0.1, -0.05) is 122 Å². The van der Waals surface area contributed by atoms with Gasteiger partial charge in [-0.3, -0.25) is 0 Å². The van der Waals surface area contributed by atoms with Crippen LogP contribution in [0.3, 0.4) is 0 Å². The Morgan fingerprint density at radius 3 is 2.11 bits per heavy atom. The Morgan fingerprint density at radius 1 is 0.743 bits per heavy atom. The average Bonchev–Trinajstić information content (AvgIpc) is 2.90. The zero-order valence-electron chi connectivity index (χ0n) is 20.6. The van der Waals surface area contributed by atoms with Gasteiger partial charge in [0.2, 0.25) is 0 Å². The van der Waals surface area contributed by atoms with Crippen LogP contribution in [-0.2, 0) is 12.8 Å². The first-order valence-corrected chi connectivity index (χ1v) is 12.4. The van der Waals surface area contributed by atoms with Crippen LogP contribution >= 0.6 is 0 Å². The molecule has 0 aliphatic carbocycles. The van der Waals surface area contributed by atoms with Crippen molar-refractivity contribution in [1.29, 1.82) is 0 Å². The lowest BCUT2D eigenvalue weighted by atomic mass is 9.93. The van der Waals surface area contributed by atoms with Crippen molar-refractivity contribution in [3.63, 3.8) is 0 Å². The summed E-state index contributed by atoms with van der Waals surface area (Å²) in [5.74, 6) is 0.253. The second kappa shape index (κ2) is 12.1. The molecule has 35 heavy (non-hydrogen) atoms. The van der Waals surface area contributed by atoms with Crippen molar-refractivity contribution in [1.82, 2.24) is 0 Å². The van der Waals surface area contributed by atoms with Crippen molar-refractivity contribution in [3.8, 4) is 11.1 Å². The number of hydrogen-bond donors (Lipinski definition) is 0. The maximum Gasteiger partial charge on any atom is 0.131 e. The fourth-order valence-corrected chi connectivity index (χ4v) is 4.33. The van der Waals surface area contributed by atoms with Gasteiger partial charge in [0.15, 0.2) is 0 Å². The predicted molar refractivity (Wildman–Crippen MR) is 149 cm³/mol. The van der Waals surface area contributed by atoms with Crippen LogP contribution in [-0.4, -0.2) is 0 Å². The van der Waals surface area contributed by atoms with Crippen LogP contribution in [0, 0.1) is 5.82 Å². The highest BCUT2D eigenvalue weighted by molar-refractivity contribution is 5.72. The zero-order valence-corrected chi connectivity index (χ0v) is 20.6. The molecule has 0 amide bonds. The van der Waals surface area contributed by atoms with Gasteiger partial charge >= 0.3 is 0 Å². The molecule has 4 aromatic carbocycles. The molecule has 0 heterocycles. The molecule has 0 aliphatic rings. The van der Waals surface area contributed by atoms with Crippen molar-refractivity contribution in [2.24, 2.45) is 0 Å². The van der Waals surface area contributed by atoms with E-state index < -0.39 is 0 Å². The van der Waals surface area contributed by atoms with Crippen LogP contribution in [0.15, 0.2) is 109 Å². The van der Waals surface area contributed by atoms with Crippen LogP contribution in [0.25, 0.3) is 23.3 Å². The van der Waals surface area contributed by atoms with Crippen molar-refractivity contribution in [2.45, 2.75) is 39.0 Å². The van der Waals surface area contributed by atoms with Gasteiger partial charge < -0.3 is 0 Å². The molecular weight excluding hydrogens is 427 g/mol.